The lowest BCUT2D eigenvalue weighted by Gasteiger charge is -2.37. The van der Waals surface area contributed by atoms with E-state index in [9.17, 15) is 19.2 Å². The molecular weight excluding hydrogens is 414 g/mol. The first-order chi connectivity index (χ1) is 14.4. The van der Waals surface area contributed by atoms with Crippen molar-refractivity contribution in [3.05, 3.63) is 0 Å². The number of rotatable bonds is 5. The Balaban J connectivity index is 2.15. The van der Waals surface area contributed by atoms with E-state index in [4.69, 9.17) is 9.47 Å². The van der Waals surface area contributed by atoms with Crippen molar-refractivity contribution in [1.29, 1.82) is 0 Å². The molecule has 2 N–H and O–H groups in total. The number of methoxy groups -OCH3 is 1. The molecule has 0 aromatic carbocycles. The summed E-state index contributed by atoms with van der Waals surface area (Å²) >= 11 is 0. The summed E-state index contributed by atoms with van der Waals surface area (Å²) in [6.45, 7) is 16.9. The molecule has 1 aliphatic heterocycles. The number of nitrogens with zero attached hydrogens (tertiary/aromatic N) is 1. The fourth-order valence-electron chi connectivity index (χ4n) is 4.53. The van der Waals surface area contributed by atoms with Crippen LogP contribution in [-0.2, 0) is 23.9 Å². The van der Waals surface area contributed by atoms with Gasteiger partial charge >= 0.3 is 12.1 Å². The van der Waals surface area contributed by atoms with E-state index in [0.29, 0.717) is 6.54 Å². The largest absolute Gasteiger partial charge is 0.467 e. The second-order valence-electron chi connectivity index (χ2n) is 11.6. The summed E-state index contributed by atoms with van der Waals surface area (Å²) < 4.78 is 10.2. The van der Waals surface area contributed by atoms with Gasteiger partial charge in [-0.3, -0.25) is 9.59 Å². The summed E-state index contributed by atoms with van der Waals surface area (Å²) in [5.41, 5.74) is -1.35. The molecule has 5 atom stereocenters. The van der Waals surface area contributed by atoms with E-state index < -0.39 is 47.1 Å². The van der Waals surface area contributed by atoms with Gasteiger partial charge in [0.25, 0.3) is 0 Å². The van der Waals surface area contributed by atoms with Crippen LogP contribution in [-0.4, -0.2) is 66.2 Å². The quantitative estimate of drug-likeness (QED) is 0.616. The number of carbonyl (C=O) groups is 4. The number of piperidine rings is 1. The highest BCUT2D eigenvalue weighted by molar-refractivity contribution is 5.94. The highest BCUT2D eigenvalue weighted by atomic mass is 16.6. The van der Waals surface area contributed by atoms with Crippen LogP contribution in [0.4, 0.5) is 4.79 Å². The number of esters is 1. The summed E-state index contributed by atoms with van der Waals surface area (Å²) in [4.78, 5) is 52.5. The molecule has 0 bridgehead atoms. The van der Waals surface area contributed by atoms with E-state index >= 15 is 0 Å². The summed E-state index contributed by atoms with van der Waals surface area (Å²) in [7, 11) is 1.32. The van der Waals surface area contributed by atoms with Crippen molar-refractivity contribution in [2.24, 2.45) is 22.7 Å². The van der Waals surface area contributed by atoms with E-state index in [1.54, 1.807) is 25.7 Å². The van der Waals surface area contributed by atoms with Gasteiger partial charge in [-0.1, -0.05) is 34.6 Å². The lowest BCUT2D eigenvalue weighted by Crippen LogP contribution is -2.60. The van der Waals surface area contributed by atoms with E-state index in [1.165, 1.54) is 14.0 Å². The van der Waals surface area contributed by atoms with Gasteiger partial charge in [-0.05, 0) is 44.4 Å². The zero-order chi connectivity index (χ0) is 24.8. The summed E-state index contributed by atoms with van der Waals surface area (Å²) in [5, 5.41) is 5.27. The van der Waals surface area contributed by atoms with Gasteiger partial charge in [0.05, 0.1) is 7.11 Å². The van der Waals surface area contributed by atoms with Gasteiger partial charge in [0.2, 0.25) is 11.8 Å². The Morgan fingerprint density at radius 2 is 1.59 bits per heavy atom. The number of amides is 3. The summed E-state index contributed by atoms with van der Waals surface area (Å²) in [6, 6.07) is -2.46. The number of carbonyl (C=O) groups excluding carboxylic acids is 4. The molecule has 0 aromatic rings. The molecule has 182 valence electrons. The summed E-state index contributed by atoms with van der Waals surface area (Å²) in [6.07, 6.45) is -0.716. The fourth-order valence-corrected chi connectivity index (χ4v) is 4.53. The number of nitrogens with one attached hydrogen (secondary N) is 2. The molecule has 2 unspecified atom stereocenters. The van der Waals surface area contributed by atoms with Crippen LogP contribution in [0.1, 0.15) is 62.3 Å². The minimum Gasteiger partial charge on any atom is -0.467 e. The van der Waals surface area contributed by atoms with Crippen molar-refractivity contribution in [1.82, 2.24) is 15.5 Å². The van der Waals surface area contributed by atoms with Crippen LogP contribution < -0.4 is 10.6 Å². The number of ether oxygens (including phenoxy) is 2. The van der Waals surface area contributed by atoms with Crippen molar-refractivity contribution in [3.8, 4) is 0 Å². The van der Waals surface area contributed by atoms with Gasteiger partial charge < -0.3 is 25.0 Å². The smallest absolute Gasteiger partial charge is 0.408 e. The third-order valence-electron chi connectivity index (χ3n) is 6.46. The highest BCUT2D eigenvalue weighted by Gasteiger charge is 2.70. The molecule has 3 amide bonds. The molecule has 9 nitrogen and oxygen atoms in total. The zero-order valence-electron chi connectivity index (χ0n) is 21.0. The molecule has 9 heteroatoms. The maximum absolute atomic E-state index is 13.6. The molecule has 32 heavy (non-hydrogen) atoms. The molecular formula is C23H39N3O6. The number of hydrogen-bond acceptors (Lipinski definition) is 6. The van der Waals surface area contributed by atoms with Gasteiger partial charge in [0.1, 0.15) is 23.7 Å². The molecule has 0 radical (unpaired) electrons. The van der Waals surface area contributed by atoms with Gasteiger partial charge in [-0.25, -0.2) is 9.59 Å². The maximum Gasteiger partial charge on any atom is 0.408 e. The monoisotopic (exact) mass is 453 g/mol. The lowest BCUT2D eigenvalue weighted by molar-refractivity contribution is -0.155. The standard InChI is InChI=1S/C23H39N3O6/c1-12(24-20(30)32-22(5,6)7)17(27)25-16(21(2,3)4)18(28)26-11-13-14(23(13,8)9)15(26)19(29)31-10/h12-16H,11H2,1-10H3,(H,24,30)(H,25,27)/t12?,13-,14-,15-,16?/m0/s1. The minimum absolute atomic E-state index is 0.0258. The summed E-state index contributed by atoms with van der Waals surface area (Å²) in [5.74, 6) is -1.00. The molecule has 1 saturated carbocycles. The zero-order valence-corrected chi connectivity index (χ0v) is 21.0. The maximum atomic E-state index is 13.6. The third-order valence-corrected chi connectivity index (χ3v) is 6.46. The van der Waals surface area contributed by atoms with Crippen LogP contribution in [0.15, 0.2) is 0 Å². The van der Waals surface area contributed by atoms with Crippen molar-refractivity contribution < 1.29 is 28.7 Å². The van der Waals surface area contributed by atoms with Crippen LogP contribution in [0.3, 0.4) is 0 Å². The third kappa shape index (κ3) is 5.35. The molecule has 2 aliphatic rings. The van der Waals surface area contributed by atoms with Crippen LogP contribution in [0.5, 0.6) is 0 Å². The van der Waals surface area contributed by atoms with E-state index in [0.717, 1.165) is 0 Å². The van der Waals surface area contributed by atoms with Gasteiger partial charge in [-0.15, -0.1) is 0 Å². The molecule has 0 spiro atoms. The number of hydrogen-bond donors (Lipinski definition) is 2. The van der Waals surface area contributed by atoms with Crippen LogP contribution in [0.25, 0.3) is 0 Å². The van der Waals surface area contributed by atoms with Gasteiger partial charge in [0.15, 0.2) is 0 Å². The van der Waals surface area contributed by atoms with Crippen LogP contribution in [0, 0.1) is 22.7 Å². The lowest BCUT2D eigenvalue weighted by atomic mass is 9.85. The van der Waals surface area contributed by atoms with Crippen LogP contribution in [0.2, 0.25) is 0 Å². The average Bonchev–Trinajstić information content (AvgIpc) is 2.98. The predicted octanol–water partition coefficient (Wildman–Crippen LogP) is 2.09. The SMILES string of the molecule is COC(=O)[C@@H]1[C@@H]2[C@H](CN1C(=O)C(NC(=O)C(C)NC(=O)OC(C)(C)C)C(C)(C)C)C2(C)C. The second kappa shape index (κ2) is 8.56. The second-order valence-corrected chi connectivity index (χ2v) is 11.6. The first-order valence-corrected chi connectivity index (χ1v) is 11.1. The van der Waals surface area contributed by atoms with E-state index in [2.05, 4.69) is 24.5 Å². The molecule has 1 aliphatic carbocycles. The Hall–Kier alpha value is -2.32. The number of likely N-dealkylation sites (tertiary alicyclic amines) is 1. The number of fused-ring (bicyclic) bond motifs is 1. The predicted molar refractivity (Wildman–Crippen MR) is 118 cm³/mol. The van der Waals surface area contributed by atoms with Crippen molar-refractivity contribution >= 4 is 23.9 Å². The topological polar surface area (TPSA) is 114 Å². The highest BCUT2D eigenvalue weighted by Crippen LogP contribution is 2.65. The van der Waals surface area contributed by atoms with Crippen LogP contribution >= 0.6 is 0 Å². The van der Waals surface area contributed by atoms with Crippen molar-refractivity contribution in [3.63, 3.8) is 0 Å². The fraction of sp³-hybridized carbons (Fsp3) is 0.826. The number of alkyl carbamates (subject to hydrolysis) is 1. The molecule has 2 fully saturated rings. The minimum atomic E-state index is -0.912. The van der Waals surface area contributed by atoms with Gasteiger partial charge in [-0.2, -0.15) is 0 Å². The van der Waals surface area contributed by atoms with E-state index in [-0.39, 0.29) is 23.2 Å². The van der Waals surface area contributed by atoms with Crippen molar-refractivity contribution in [2.45, 2.75) is 86.0 Å². The Morgan fingerprint density at radius 3 is 2.06 bits per heavy atom. The van der Waals surface area contributed by atoms with Crippen molar-refractivity contribution in [2.75, 3.05) is 13.7 Å². The van der Waals surface area contributed by atoms with Gasteiger partial charge in [0, 0.05) is 12.5 Å². The Labute approximate surface area is 190 Å². The first kappa shape index (κ1) is 25.9. The van der Waals surface area contributed by atoms with E-state index in [1.807, 2.05) is 20.8 Å². The molecule has 0 aromatic heterocycles. The molecule has 2 rings (SSSR count). The Morgan fingerprint density at radius 1 is 1.03 bits per heavy atom. The first-order valence-electron chi connectivity index (χ1n) is 11.1. The average molecular weight is 454 g/mol. The normalized spacial score (nSPS) is 25.8. The Kier molecular flexibility index (Phi) is 6.93. The molecule has 1 saturated heterocycles. The Bertz CT molecular complexity index is 780. The molecule has 1 heterocycles.